The molecule has 1 saturated heterocycles. The molecule has 0 aromatic heterocycles. The molecule has 0 aromatic rings. The Morgan fingerprint density at radius 3 is 2.45 bits per heavy atom. The van der Waals surface area contributed by atoms with Gasteiger partial charge in [-0.25, -0.2) is 21.1 Å². The number of nitrogens with zero attached hydrogens (tertiary/aromatic N) is 1. The van der Waals surface area contributed by atoms with Crippen LogP contribution in [0.3, 0.4) is 0 Å². The molecule has 1 N–H and O–H groups in total. The lowest BCUT2D eigenvalue weighted by atomic mass is 9.81. The Morgan fingerprint density at radius 1 is 1.30 bits per heavy atom. The van der Waals surface area contributed by atoms with E-state index in [9.17, 15) is 26.7 Å². The highest BCUT2D eigenvalue weighted by Crippen LogP contribution is 2.49. The van der Waals surface area contributed by atoms with Crippen LogP contribution in [0.1, 0.15) is 19.3 Å². The number of sulfone groups is 1. The van der Waals surface area contributed by atoms with Crippen LogP contribution in [0.5, 0.6) is 0 Å². The van der Waals surface area contributed by atoms with Gasteiger partial charge in [0.05, 0.1) is 16.9 Å². The molecule has 2 aliphatic rings. The van der Waals surface area contributed by atoms with Crippen molar-refractivity contribution in [2.75, 3.05) is 30.9 Å². The molecule has 1 saturated carbocycles. The lowest BCUT2D eigenvalue weighted by molar-refractivity contribution is -0.149. The van der Waals surface area contributed by atoms with E-state index < -0.39 is 42.8 Å². The van der Waals surface area contributed by atoms with Crippen LogP contribution in [0.4, 0.5) is 0 Å². The van der Waals surface area contributed by atoms with Crippen LogP contribution in [0.2, 0.25) is 0 Å². The highest BCUT2D eigenvalue weighted by Gasteiger charge is 2.56. The van der Waals surface area contributed by atoms with Gasteiger partial charge in [0.1, 0.15) is 9.84 Å². The van der Waals surface area contributed by atoms with Crippen molar-refractivity contribution < 1.29 is 26.7 Å². The molecule has 2 rings (SSSR count). The third-order valence-corrected chi connectivity index (χ3v) is 7.36. The minimum Gasteiger partial charge on any atom is -0.481 e. The number of carboxylic acids is 1. The quantitative estimate of drug-likeness (QED) is 0.733. The predicted octanol–water partition coefficient (Wildman–Crippen LogP) is -0.452. The molecular weight excluding hydrogens is 306 g/mol. The number of fused-ring (bicyclic) bond motifs is 1. The maximum atomic E-state index is 12.1. The van der Waals surface area contributed by atoms with Gasteiger partial charge >= 0.3 is 5.97 Å². The molecule has 20 heavy (non-hydrogen) atoms. The average molecular weight is 325 g/mol. The van der Waals surface area contributed by atoms with Crippen LogP contribution in [-0.4, -0.2) is 63.1 Å². The Morgan fingerprint density at radius 2 is 1.95 bits per heavy atom. The molecule has 116 valence electrons. The van der Waals surface area contributed by atoms with Gasteiger partial charge in [-0.15, -0.1) is 0 Å². The fourth-order valence-electron chi connectivity index (χ4n) is 3.19. The molecule has 2 fully saturated rings. The smallest absolute Gasteiger partial charge is 0.311 e. The molecule has 0 bridgehead atoms. The van der Waals surface area contributed by atoms with E-state index in [1.54, 1.807) is 0 Å². The predicted molar refractivity (Wildman–Crippen MR) is 72.5 cm³/mol. The normalized spacial score (nSPS) is 31.4. The van der Waals surface area contributed by atoms with E-state index in [2.05, 4.69) is 0 Å². The molecule has 7 nitrogen and oxygen atoms in total. The topological polar surface area (TPSA) is 109 Å². The molecule has 1 aliphatic carbocycles. The van der Waals surface area contributed by atoms with Crippen molar-refractivity contribution in [3.63, 3.8) is 0 Å². The van der Waals surface area contributed by atoms with E-state index in [1.807, 2.05) is 0 Å². The van der Waals surface area contributed by atoms with Gasteiger partial charge in [-0.05, 0) is 18.8 Å². The van der Waals surface area contributed by atoms with Gasteiger partial charge in [0.2, 0.25) is 10.0 Å². The fraction of sp³-hybridized carbons (Fsp3) is 0.909. The van der Waals surface area contributed by atoms with Gasteiger partial charge in [-0.3, -0.25) is 4.79 Å². The van der Waals surface area contributed by atoms with Gasteiger partial charge in [0.25, 0.3) is 0 Å². The molecule has 0 unspecified atom stereocenters. The highest BCUT2D eigenvalue weighted by molar-refractivity contribution is 7.93. The van der Waals surface area contributed by atoms with Crippen molar-refractivity contribution >= 4 is 25.8 Å². The van der Waals surface area contributed by atoms with E-state index in [4.69, 9.17) is 0 Å². The van der Waals surface area contributed by atoms with Crippen LogP contribution in [0.25, 0.3) is 0 Å². The largest absolute Gasteiger partial charge is 0.481 e. The van der Waals surface area contributed by atoms with E-state index in [-0.39, 0.29) is 19.0 Å². The van der Waals surface area contributed by atoms with Crippen LogP contribution in [0, 0.1) is 11.3 Å². The minimum atomic E-state index is -3.72. The van der Waals surface area contributed by atoms with E-state index in [1.165, 1.54) is 0 Å². The van der Waals surface area contributed by atoms with Crippen molar-refractivity contribution in [2.45, 2.75) is 19.3 Å². The summed E-state index contributed by atoms with van der Waals surface area (Å²) in [6.07, 6.45) is 2.99. The first-order valence-corrected chi connectivity index (χ1v) is 10.1. The van der Waals surface area contributed by atoms with Crippen molar-refractivity contribution in [1.29, 1.82) is 0 Å². The van der Waals surface area contributed by atoms with Gasteiger partial charge in [0, 0.05) is 19.3 Å². The Balaban J connectivity index is 2.14. The highest BCUT2D eigenvalue weighted by atomic mass is 32.2. The second kappa shape index (κ2) is 4.96. The lowest BCUT2D eigenvalue weighted by Gasteiger charge is -2.23. The summed E-state index contributed by atoms with van der Waals surface area (Å²) in [5, 5.41) is 9.40. The average Bonchev–Trinajstić information content (AvgIpc) is 2.82. The number of aliphatic carboxylic acids is 1. The summed E-state index contributed by atoms with van der Waals surface area (Å²) in [5.41, 5.74) is -0.974. The summed E-state index contributed by atoms with van der Waals surface area (Å²) in [7, 11) is -7.08. The molecule has 1 aliphatic heterocycles. The van der Waals surface area contributed by atoms with Crippen molar-refractivity contribution in [2.24, 2.45) is 11.3 Å². The molecule has 0 radical (unpaired) electrons. The number of hydrogen-bond acceptors (Lipinski definition) is 5. The van der Waals surface area contributed by atoms with Gasteiger partial charge in [-0.2, -0.15) is 0 Å². The molecule has 2 atom stereocenters. The Kier molecular flexibility index (Phi) is 3.89. The number of sulfonamides is 1. The summed E-state index contributed by atoms with van der Waals surface area (Å²) in [6.45, 7) is 0.164. The number of rotatable bonds is 5. The molecule has 0 amide bonds. The zero-order valence-electron chi connectivity index (χ0n) is 11.3. The first-order valence-electron chi connectivity index (χ1n) is 6.46. The maximum Gasteiger partial charge on any atom is 0.311 e. The summed E-state index contributed by atoms with van der Waals surface area (Å²) in [4.78, 5) is 11.5. The van der Waals surface area contributed by atoms with E-state index in [0.29, 0.717) is 12.8 Å². The summed E-state index contributed by atoms with van der Waals surface area (Å²) in [5.74, 6) is -2.01. The fourth-order valence-corrected chi connectivity index (χ4v) is 6.34. The van der Waals surface area contributed by atoms with Crippen LogP contribution >= 0.6 is 0 Å². The van der Waals surface area contributed by atoms with Crippen molar-refractivity contribution in [3.05, 3.63) is 0 Å². The van der Waals surface area contributed by atoms with Crippen molar-refractivity contribution in [1.82, 2.24) is 4.31 Å². The van der Waals surface area contributed by atoms with Gasteiger partial charge < -0.3 is 5.11 Å². The first-order chi connectivity index (χ1) is 9.07. The van der Waals surface area contributed by atoms with Crippen molar-refractivity contribution in [3.8, 4) is 0 Å². The van der Waals surface area contributed by atoms with Gasteiger partial charge in [-0.1, -0.05) is 6.42 Å². The minimum absolute atomic E-state index is 0.0287. The second-order valence-electron chi connectivity index (χ2n) is 5.79. The van der Waals surface area contributed by atoms with Crippen LogP contribution in [0.15, 0.2) is 0 Å². The monoisotopic (exact) mass is 325 g/mol. The molecular formula is C11H19NO6S2. The summed E-state index contributed by atoms with van der Waals surface area (Å²) in [6, 6.07) is 0. The summed E-state index contributed by atoms with van der Waals surface area (Å²) >= 11 is 0. The molecule has 0 spiro atoms. The van der Waals surface area contributed by atoms with Gasteiger partial charge in [0.15, 0.2) is 0 Å². The summed E-state index contributed by atoms with van der Waals surface area (Å²) < 4.78 is 47.6. The van der Waals surface area contributed by atoms with Crippen LogP contribution in [-0.2, 0) is 24.7 Å². The standard InChI is InChI=1S/C11H19NO6S2/c1-19(15,16)5-6-20(17,18)12-7-9-3-2-4-11(9,8-12)10(13)14/h9H,2-8H2,1H3,(H,13,14)/t9-,11+/m0/s1. The Hall–Kier alpha value is -0.670. The Bertz CT molecular complexity index is 611. The number of hydrogen-bond donors (Lipinski definition) is 1. The third kappa shape index (κ3) is 2.84. The lowest BCUT2D eigenvalue weighted by Crippen LogP contribution is -2.38. The second-order valence-corrected chi connectivity index (χ2v) is 10.1. The molecule has 9 heteroatoms. The van der Waals surface area contributed by atoms with E-state index >= 15 is 0 Å². The first kappa shape index (κ1) is 15.7. The van der Waals surface area contributed by atoms with E-state index in [0.717, 1.165) is 17.0 Å². The maximum absolute atomic E-state index is 12.1. The Labute approximate surface area is 118 Å². The number of carboxylic acid groups (broad SMARTS) is 1. The molecule has 1 heterocycles. The van der Waals surface area contributed by atoms with Crippen LogP contribution < -0.4 is 0 Å². The SMILES string of the molecule is CS(=O)(=O)CCS(=O)(=O)N1C[C@@H]2CCC[C@@]2(C(=O)O)C1. The zero-order valence-corrected chi connectivity index (χ0v) is 12.9. The zero-order chi connectivity index (χ0) is 15.2. The molecule has 0 aromatic carbocycles. The third-order valence-electron chi connectivity index (χ3n) is 4.37. The number of carbonyl (C=O) groups is 1.